The van der Waals surface area contributed by atoms with E-state index in [1.165, 1.54) is 4.68 Å². The van der Waals surface area contributed by atoms with Crippen molar-refractivity contribution in [2.75, 3.05) is 0 Å². The Morgan fingerprint density at radius 1 is 1.21 bits per heavy atom. The van der Waals surface area contributed by atoms with Crippen molar-refractivity contribution in [1.82, 2.24) is 15.1 Å². The zero-order valence-electron chi connectivity index (χ0n) is 17.0. The van der Waals surface area contributed by atoms with Crippen LogP contribution in [-0.2, 0) is 16.8 Å². The molecule has 0 saturated heterocycles. The molecular weight excluding hydrogens is 386 g/mol. The van der Waals surface area contributed by atoms with Crippen molar-refractivity contribution in [2.24, 2.45) is 5.92 Å². The van der Waals surface area contributed by atoms with Crippen molar-refractivity contribution in [2.45, 2.75) is 69.9 Å². The summed E-state index contributed by atoms with van der Waals surface area (Å²) in [6, 6.07) is 10.9. The average molecular weight is 414 g/mol. The number of aromatic nitrogens is 2. The van der Waals surface area contributed by atoms with Gasteiger partial charge in [-0.05, 0) is 55.4 Å². The molecule has 1 heterocycles. The van der Waals surface area contributed by atoms with Gasteiger partial charge in [-0.1, -0.05) is 44.0 Å². The van der Waals surface area contributed by atoms with Crippen LogP contribution in [0.5, 0.6) is 0 Å². The summed E-state index contributed by atoms with van der Waals surface area (Å²) in [6.45, 7) is 4.52. The topological polar surface area (TPSA) is 64.0 Å². The molecule has 1 atom stereocenters. The van der Waals surface area contributed by atoms with E-state index in [0.29, 0.717) is 17.5 Å². The van der Waals surface area contributed by atoms with Crippen molar-refractivity contribution in [3.05, 3.63) is 63.0 Å². The van der Waals surface area contributed by atoms with Crippen LogP contribution in [0.3, 0.4) is 0 Å². The first-order chi connectivity index (χ1) is 13.9. The van der Waals surface area contributed by atoms with E-state index < -0.39 is 5.41 Å². The summed E-state index contributed by atoms with van der Waals surface area (Å²) in [4.78, 5) is 25.7. The van der Waals surface area contributed by atoms with Gasteiger partial charge in [0, 0.05) is 17.0 Å². The number of hydrogen-bond acceptors (Lipinski definition) is 3. The molecule has 1 amide bonds. The Morgan fingerprint density at radius 3 is 2.45 bits per heavy atom. The standard InChI is InChI=1S/C23H28ClN3O2/c1-15(2)20(14-27-21(28)11-10-19(26-27)16-4-5-16)25-22(29)23(12-3-13-23)17-6-8-18(24)9-7-17/h6-11,15-16,20H,3-5,12-14H2,1-2H3,(H,25,29)/t20-/m0/s1. The average Bonchev–Trinajstić information content (AvgIpc) is 3.48. The number of amides is 1. The van der Waals surface area contributed by atoms with Crippen LogP contribution >= 0.6 is 11.6 Å². The SMILES string of the molecule is CC(C)[C@H](Cn1nc(C2CC2)ccc1=O)NC(=O)C1(c2ccc(Cl)cc2)CCC1. The number of nitrogens with one attached hydrogen (secondary N) is 1. The zero-order chi connectivity index (χ0) is 20.6. The fourth-order valence-corrected chi connectivity index (χ4v) is 4.18. The Balaban J connectivity index is 1.54. The van der Waals surface area contributed by atoms with Crippen LogP contribution in [0, 0.1) is 5.92 Å². The van der Waals surface area contributed by atoms with Crippen LogP contribution in [-0.4, -0.2) is 21.7 Å². The smallest absolute Gasteiger partial charge is 0.266 e. The summed E-state index contributed by atoms with van der Waals surface area (Å²) in [7, 11) is 0. The minimum atomic E-state index is -0.494. The van der Waals surface area contributed by atoms with Crippen LogP contribution in [0.25, 0.3) is 0 Å². The van der Waals surface area contributed by atoms with E-state index in [9.17, 15) is 9.59 Å². The molecule has 0 unspecified atom stereocenters. The first-order valence-corrected chi connectivity index (χ1v) is 10.9. The van der Waals surface area contributed by atoms with Gasteiger partial charge in [0.15, 0.2) is 0 Å². The van der Waals surface area contributed by atoms with E-state index >= 15 is 0 Å². The third-order valence-corrected chi connectivity index (χ3v) is 6.66. The number of benzene rings is 1. The second kappa shape index (κ2) is 7.94. The quantitative estimate of drug-likeness (QED) is 0.745. The molecule has 1 aromatic heterocycles. The van der Waals surface area contributed by atoms with Gasteiger partial charge in [0.05, 0.1) is 23.7 Å². The fourth-order valence-electron chi connectivity index (χ4n) is 4.05. The molecule has 2 aliphatic rings. The first kappa shape index (κ1) is 20.1. The number of nitrogens with zero attached hydrogens (tertiary/aromatic N) is 2. The molecule has 0 bridgehead atoms. The molecule has 1 N–H and O–H groups in total. The maximum Gasteiger partial charge on any atom is 0.266 e. The molecular formula is C23H28ClN3O2. The lowest BCUT2D eigenvalue weighted by Crippen LogP contribution is -2.54. The first-order valence-electron chi connectivity index (χ1n) is 10.5. The van der Waals surface area contributed by atoms with Gasteiger partial charge < -0.3 is 5.32 Å². The van der Waals surface area contributed by atoms with Crippen molar-refractivity contribution >= 4 is 17.5 Å². The summed E-state index contributed by atoms with van der Waals surface area (Å²) in [5.41, 5.74) is 1.38. The Labute approximate surface area is 176 Å². The van der Waals surface area contributed by atoms with Crippen molar-refractivity contribution < 1.29 is 4.79 Å². The molecule has 2 fully saturated rings. The van der Waals surface area contributed by atoms with Gasteiger partial charge in [-0.2, -0.15) is 5.10 Å². The van der Waals surface area contributed by atoms with E-state index in [1.807, 2.05) is 30.3 Å². The molecule has 0 aliphatic heterocycles. The number of rotatable bonds is 7. The molecule has 2 aromatic rings. The van der Waals surface area contributed by atoms with Crippen LogP contribution in [0.4, 0.5) is 0 Å². The minimum Gasteiger partial charge on any atom is -0.350 e. The van der Waals surface area contributed by atoms with Gasteiger partial charge in [0.25, 0.3) is 5.56 Å². The summed E-state index contributed by atoms with van der Waals surface area (Å²) in [5.74, 6) is 0.702. The lowest BCUT2D eigenvalue weighted by molar-refractivity contribution is -0.131. The normalized spacial score (nSPS) is 18.9. The number of carbonyl (C=O) groups is 1. The maximum absolute atomic E-state index is 13.4. The molecule has 29 heavy (non-hydrogen) atoms. The predicted molar refractivity (Wildman–Crippen MR) is 114 cm³/mol. The molecule has 2 aliphatic carbocycles. The third kappa shape index (κ3) is 4.11. The Kier molecular flexibility index (Phi) is 5.52. The molecule has 2 saturated carbocycles. The minimum absolute atomic E-state index is 0.0381. The van der Waals surface area contributed by atoms with Crippen LogP contribution in [0.1, 0.15) is 63.1 Å². The summed E-state index contributed by atoms with van der Waals surface area (Å²) >= 11 is 6.03. The number of carbonyl (C=O) groups excluding carboxylic acids is 1. The number of halogens is 1. The van der Waals surface area contributed by atoms with Gasteiger partial charge in [-0.25, -0.2) is 4.68 Å². The van der Waals surface area contributed by atoms with Crippen molar-refractivity contribution in [3.8, 4) is 0 Å². The third-order valence-electron chi connectivity index (χ3n) is 6.41. The monoisotopic (exact) mass is 413 g/mol. The molecule has 5 nitrogen and oxygen atoms in total. The van der Waals surface area contributed by atoms with Crippen molar-refractivity contribution in [1.29, 1.82) is 0 Å². The van der Waals surface area contributed by atoms with Gasteiger partial charge >= 0.3 is 0 Å². The highest BCUT2D eigenvalue weighted by Gasteiger charge is 2.46. The summed E-state index contributed by atoms with van der Waals surface area (Å²) in [5, 5.41) is 8.48. The maximum atomic E-state index is 13.4. The summed E-state index contributed by atoms with van der Waals surface area (Å²) in [6.07, 6.45) is 4.98. The van der Waals surface area contributed by atoms with E-state index in [-0.39, 0.29) is 23.4 Å². The fraction of sp³-hybridized carbons (Fsp3) is 0.522. The molecule has 0 spiro atoms. The van der Waals surface area contributed by atoms with Gasteiger partial charge in [0.1, 0.15) is 0 Å². The summed E-state index contributed by atoms with van der Waals surface area (Å²) < 4.78 is 1.52. The number of hydrogen-bond donors (Lipinski definition) is 1. The van der Waals surface area contributed by atoms with Crippen LogP contribution < -0.4 is 10.9 Å². The van der Waals surface area contributed by atoms with E-state index in [1.54, 1.807) is 6.07 Å². The van der Waals surface area contributed by atoms with Gasteiger partial charge in [-0.3, -0.25) is 9.59 Å². The highest BCUT2D eigenvalue weighted by Crippen LogP contribution is 2.44. The predicted octanol–water partition coefficient (Wildman–Crippen LogP) is 4.04. The molecule has 154 valence electrons. The lowest BCUT2D eigenvalue weighted by Gasteiger charge is -2.42. The molecule has 6 heteroatoms. The lowest BCUT2D eigenvalue weighted by atomic mass is 9.63. The largest absolute Gasteiger partial charge is 0.350 e. The van der Waals surface area contributed by atoms with Gasteiger partial charge in [0.2, 0.25) is 5.91 Å². The Morgan fingerprint density at radius 2 is 1.90 bits per heavy atom. The second-order valence-electron chi connectivity index (χ2n) is 8.82. The highest BCUT2D eigenvalue weighted by molar-refractivity contribution is 6.30. The Hall–Kier alpha value is -2.14. The second-order valence-corrected chi connectivity index (χ2v) is 9.26. The van der Waals surface area contributed by atoms with Crippen LogP contribution in [0.15, 0.2) is 41.2 Å². The zero-order valence-corrected chi connectivity index (χ0v) is 17.8. The van der Waals surface area contributed by atoms with Crippen molar-refractivity contribution in [3.63, 3.8) is 0 Å². The van der Waals surface area contributed by atoms with E-state index in [0.717, 1.165) is 43.4 Å². The Bertz CT molecular complexity index is 943. The van der Waals surface area contributed by atoms with Gasteiger partial charge in [-0.15, -0.1) is 0 Å². The van der Waals surface area contributed by atoms with Crippen LogP contribution in [0.2, 0.25) is 5.02 Å². The molecule has 1 aromatic carbocycles. The highest BCUT2D eigenvalue weighted by atomic mass is 35.5. The van der Waals surface area contributed by atoms with E-state index in [4.69, 9.17) is 11.6 Å². The van der Waals surface area contributed by atoms with E-state index in [2.05, 4.69) is 24.3 Å². The molecule has 4 rings (SSSR count). The molecule has 0 radical (unpaired) electrons.